The van der Waals surface area contributed by atoms with Gasteiger partial charge in [0.2, 0.25) is 0 Å². The van der Waals surface area contributed by atoms with Crippen LogP contribution in [-0.4, -0.2) is 23.9 Å². The maximum absolute atomic E-state index is 11.3. The Labute approximate surface area is 132 Å². The first kappa shape index (κ1) is 16.4. The second kappa shape index (κ2) is 6.21. The number of alkyl halides is 3. The van der Waals surface area contributed by atoms with E-state index >= 15 is 0 Å². The van der Waals surface area contributed by atoms with Gasteiger partial charge in [-0.25, -0.2) is 0 Å². The first-order valence-electron chi connectivity index (χ1n) is 4.72. The smallest absolute Gasteiger partial charge is 0.265 e. The molecule has 8 heteroatoms. The van der Waals surface area contributed by atoms with Crippen molar-refractivity contribution in [2.45, 2.75) is 8.25 Å². The predicted molar refractivity (Wildman–Crippen MR) is 81.2 cm³/mol. The molecular weight excluding hydrogens is 456 g/mol. The van der Waals surface area contributed by atoms with E-state index in [0.717, 1.165) is 6.26 Å². The minimum absolute atomic E-state index is 0.673. The van der Waals surface area contributed by atoms with Crippen LogP contribution in [0.5, 0.6) is 5.75 Å². The normalized spacial score (nSPS) is 14.3. The summed E-state index contributed by atoms with van der Waals surface area (Å²) < 4.78 is 31.8. The number of halogens is 3. The SMILES string of the molecule is COc1ccc(C(OS(C)(=O)=O)C(Br)(Br)Br)cc1. The number of ether oxygens (including phenoxy) is 1. The van der Waals surface area contributed by atoms with Crippen LogP contribution in [0, 0.1) is 0 Å². The van der Waals surface area contributed by atoms with Crippen LogP contribution < -0.4 is 4.74 Å². The Kier molecular flexibility index (Phi) is 5.67. The average molecular weight is 467 g/mol. The van der Waals surface area contributed by atoms with Crippen LogP contribution in [0.1, 0.15) is 11.7 Å². The molecule has 0 aromatic heterocycles. The lowest BCUT2D eigenvalue weighted by Crippen LogP contribution is -2.21. The average Bonchev–Trinajstić information content (AvgIpc) is 2.24. The standard InChI is InChI=1S/C10H11Br3O4S/c1-16-8-5-3-7(4-6-8)9(10(11,12)13)17-18(2,14)15/h3-6,9H,1-2H3. The van der Waals surface area contributed by atoms with Gasteiger partial charge in [-0.3, -0.25) is 4.18 Å². The van der Waals surface area contributed by atoms with Crippen molar-refractivity contribution in [1.82, 2.24) is 0 Å². The van der Waals surface area contributed by atoms with Crippen molar-refractivity contribution < 1.29 is 17.3 Å². The molecule has 1 atom stereocenters. The minimum Gasteiger partial charge on any atom is -0.497 e. The topological polar surface area (TPSA) is 52.6 Å². The number of rotatable bonds is 4. The van der Waals surface area contributed by atoms with Crippen LogP contribution in [-0.2, 0) is 14.3 Å². The van der Waals surface area contributed by atoms with E-state index in [9.17, 15) is 8.42 Å². The Balaban J connectivity index is 3.10. The Hall–Kier alpha value is 0.370. The van der Waals surface area contributed by atoms with Crippen molar-refractivity contribution in [3.63, 3.8) is 0 Å². The van der Waals surface area contributed by atoms with Gasteiger partial charge < -0.3 is 4.74 Å². The molecule has 0 spiro atoms. The molecule has 18 heavy (non-hydrogen) atoms. The lowest BCUT2D eigenvalue weighted by molar-refractivity contribution is 0.231. The van der Waals surface area contributed by atoms with Crippen molar-refractivity contribution in [2.24, 2.45) is 0 Å². The minimum atomic E-state index is -3.59. The molecule has 1 unspecified atom stereocenters. The van der Waals surface area contributed by atoms with Crippen molar-refractivity contribution in [3.8, 4) is 5.75 Å². The third-order valence-electron chi connectivity index (χ3n) is 1.99. The van der Waals surface area contributed by atoms with Crippen molar-refractivity contribution in [1.29, 1.82) is 0 Å². The van der Waals surface area contributed by atoms with Gasteiger partial charge in [0.1, 0.15) is 11.9 Å². The maximum Gasteiger partial charge on any atom is 0.265 e. The van der Waals surface area contributed by atoms with Gasteiger partial charge >= 0.3 is 0 Å². The van der Waals surface area contributed by atoms with E-state index in [4.69, 9.17) is 8.92 Å². The van der Waals surface area contributed by atoms with Gasteiger partial charge in [-0.15, -0.1) is 0 Å². The third kappa shape index (κ3) is 5.16. The molecule has 0 saturated heterocycles. The van der Waals surface area contributed by atoms with Gasteiger partial charge in [-0.1, -0.05) is 59.9 Å². The molecule has 102 valence electrons. The molecule has 0 aliphatic heterocycles. The molecule has 0 fully saturated rings. The molecule has 1 rings (SSSR count). The van der Waals surface area contributed by atoms with Gasteiger partial charge in [-0.05, 0) is 17.7 Å². The van der Waals surface area contributed by atoms with Crippen LogP contribution in [0.25, 0.3) is 0 Å². The summed E-state index contributed by atoms with van der Waals surface area (Å²) in [6.45, 7) is 0. The molecule has 0 aliphatic carbocycles. The molecule has 1 aromatic carbocycles. The summed E-state index contributed by atoms with van der Waals surface area (Å²) >= 11 is 9.85. The highest BCUT2D eigenvalue weighted by Crippen LogP contribution is 2.47. The maximum atomic E-state index is 11.3. The quantitative estimate of drug-likeness (QED) is 0.503. The molecule has 0 saturated carbocycles. The van der Waals surface area contributed by atoms with E-state index in [-0.39, 0.29) is 0 Å². The van der Waals surface area contributed by atoms with E-state index in [0.29, 0.717) is 11.3 Å². The summed E-state index contributed by atoms with van der Waals surface area (Å²) in [5.74, 6) is 0.682. The van der Waals surface area contributed by atoms with E-state index in [2.05, 4.69) is 47.8 Å². The zero-order valence-electron chi connectivity index (χ0n) is 9.56. The fraction of sp³-hybridized carbons (Fsp3) is 0.400. The predicted octanol–water partition coefficient (Wildman–Crippen LogP) is 3.55. The summed E-state index contributed by atoms with van der Waals surface area (Å²) in [7, 11) is -2.03. The second-order valence-corrected chi connectivity index (χ2v) is 12.0. The van der Waals surface area contributed by atoms with Crippen molar-refractivity contribution in [2.75, 3.05) is 13.4 Å². The summed E-state index contributed by atoms with van der Waals surface area (Å²) in [5.41, 5.74) is 0.673. The van der Waals surface area contributed by atoms with E-state index in [1.54, 1.807) is 31.4 Å². The number of hydrogen-bond donors (Lipinski definition) is 0. The van der Waals surface area contributed by atoms with E-state index < -0.39 is 18.4 Å². The number of benzene rings is 1. The van der Waals surface area contributed by atoms with E-state index in [1.807, 2.05) is 0 Å². The van der Waals surface area contributed by atoms with Crippen molar-refractivity contribution >= 4 is 57.9 Å². The number of methoxy groups -OCH3 is 1. The van der Waals surface area contributed by atoms with Gasteiger partial charge in [0.25, 0.3) is 10.1 Å². The highest BCUT2D eigenvalue weighted by molar-refractivity contribution is 9.39. The molecule has 0 N–H and O–H groups in total. The van der Waals surface area contributed by atoms with Crippen molar-refractivity contribution in [3.05, 3.63) is 29.8 Å². The van der Waals surface area contributed by atoms with Crippen LogP contribution in [0.2, 0.25) is 0 Å². The van der Waals surface area contributed by atoms with Gasteiger partial charge in [0.15, 0.2) is 2.14 Å². The first-order chi connectivity index (χ1) is 8.13. The molecule has 4 nitrogen and oxygen atoms in total. The Morgan fingerprint density at radius 1 is 1.17 bits per heavy atom. The first-order valence-corrected chi connectivity index (χ1v) is 8.92. The highest BCUT2D eigenvalue weighted by Gasteiger charge is 2.36. The molecule has 0 amide bonds. The van der Waals surface area contributed by atoms with Crippen LogP contribution >= 0.6 is 47.8 Å². The van der Waals surface area contributed by atoms with Gasteiger partial charge in [-0.2, -0.15) is 8.42 Å². The van der Waals surface area contributed by atoms with E-state index in [1.165, 1.54) is 0 Å². The second-order valence-electron chi connectivity index (χ2n) is 3.50. The molecule has 0 aliphatic rings. The monoisotopic (exact) mass is 464 g/mol. The third-order valence-corrected chi connectivity index (χ3v) is 3.78. The molecule has 0 bridgehead atoms. The summed E-state index contributed by atoms with van der Waals surface area (Å²) in [6, 6.07) is 6.92. The van der Waals surface area contributed by atoms with Crippen LogP contribution in [0.3, 0.4) is 0 Å². The molecule has 1 aromatic rings. The fourth-order valence-corrected chi connectivity index (χ4v) is 3.30. The zero-order valence-corrected chi connectivity index (χ0v) is 15.1. The highest BCUT2D eigenvalue weighted by atomic mass is 80.0. The summed E-state index contributed by atoms with van der Waals surface area (Å²) in [4.78, 5) is 0. The Morgan fingerprint density at radius 2 is 1.67 bits per heavy atom. The molecule has 0 heterocycles. The summed E-state index contributed by atoms with van der Waals surface area (Å²) in [5, 5.41) is 0. The number of hydrogen-bond acceptors (Lipinski definition) is 4. The molecule has 0 radical (unpaired) electrons. The van der Waals surface area contributed by atoms with Gasteiger partial charge in [0.05, 0.1) is 13.4 Å². The van der Waals surface area contributed by atoms with Crippen LogP contribution in [0.4, 0.5) is 0 Å². The zero-order chi connectivity index (χ0) is 14.0. The fourth-order valence-electron chi connectivity index (χ4n) is 1.25. The summed E-state index contributed by atoms with van der Waals surface area (Å²) in [6.07, 6.45) is 0.237. The largest absolute Gasteiger partial charge is 0.497 e. The molecular formula is C10H11Br3O4S. The lowest BCUT2D eigenvalue weighted by Gasteiger charge is -2.24. The Bertz CT molecular complexity index is 493. The van der Waals surface area contributed by atoms with Gasteiger partial charge in [0, 0.05) is 0 Å². The van der Waals surface area contributed by atoms with Crippen LogP contribution in [0.15, 0.2) is 24.3 Å². The Morgan fingerprint density at radius 3 is 2.00 bits per heavy atom. The lowest BCUT2D eigenvalue weighted by atomic mass is 10.1.